The number of nitrogens with zero attached hydrogens (tertiary/aromatic N) is 2. The van der Waals surface area contributed by atoms with Crippen LogP contribution in [0.15, 0.2) is 72.8 Å². The average molecular weight is 618 g/mol. The van der Waals surface area contributed by atoms with Crippen molar-refractivity contribution in [3.63, 3.8) is 0 Å². The highest BCUT2D eigenvalue weighted by molar-refractivity contribution is 6.30. The van der Waals surface area contributed by atoms with Gasteiger partial charge in [0.15, 0.2) is 6.61 Å². The molecule has 2 fully saturated rings. The minimum atomic E-state index is -0.568. The number of methoxy groups -OCH3 is 1. The molecular weight excluding hydrogens is 578 g/mol. The fourth-order valence-electron chi connectivity index (χ4n) is 6.27. The van der Waals surface area contributed by atoms with E-state index in [9.17, 15) is 14.4 Å². The lowest BCUT2D eigenvalue weighted by Crippen LogP contribution is -2.58. The van der Waals surface area contributed by atoms with Crippen molar-refractivity contribution in [1.82, 2.24) is 15.1 Å². The molecule has 0 aromatic heterocycles. The predicted molar refractivity (Wildman–Crippen MR) is 170 cm³/mol. The molecule has 1 heterocycles. The van der Waals surface area contributed by atoms with E-state index in [1.54, 1.807) is 60.5 Å². The largest absolute Gasteiger partial charge is 0.497 e. The number of nitrogens with one attached hydrogen (secondary N) is 1. The van der Waals surface area contributed by atoms with E-state index in [0.717, 1.165) is 43.2 Å². The van der Waals surface area contributed by atoms with Gasteiger partial charge in [0.25, 0.3) is 11.8 Å². The van der Waals surface area contributed by atoms with E-state index >= 15 is 0 Å². The number of hydrogen-bond donors (Lipinski definition) is 1. The zero-order chi connectivity index (χ0) is 31.1. The van der Waals surface area contributed by atoms with Gasteiger partial charge in [0.1, 0.15) is 17.5 Å². The normalized spacial score (nSPS) is 19.7. The fourth-order valence-corrected chi connectivity index (χ4v) is 6.40. The number of carbonyl (C=O) groups excluding carboxylic acids is 3. The van der Waals surface area contributed by atoms with E-state index in [-0.39, 0.29) is 36.4 Å². The molecule has 3 amide bonds. The molecule has 1 aliphatic carbocycles. The summed E-state index contributed by atoms with van der Waals surface area (Å²) in [6.07, 6.45) is 4.80. The number of amides is 3. The maximum absolute atomic E-state index is 14.1. The molecule has 1 N–H and O–H groups in total. The molecule has 232 valence electrons. The van der Waals surface area contributed by atoms with Crippen LogP contribution in [0, 0.1) is 6.92 Å². The first-order valence-electron chi connectivity index (χ1n) is 15.3. The maximum Gasteiger partial charge on any atom is 0.261 e. The number of likely N-dealkylation sites (tertiary alicyclic amines) is 1. The molecule has 3 aromatic rings. The highest BCUT2D eigenvalue weighted by Gasteiger charge is 2.39. The Hall–Kier alpha value is -4.04. The average Bonchev–Trinajstić information content (AvgIpc) is 3.54. The Balaban J connectivity index is 1.31. The van der Waals surface area contributed by atoms with Crippen molar-refractivity contribution in [3.8, 4) is 11.5 Å². The lowest BCUT2D eigenvalue weighted by atomic mass is 9.88. The van der Waals surface area contributed by atoms with Crippen molar-refractivity contribution in [2.75, 3.05) is 20.3 Å². The summed E-state index contributed by atoms with van der Waals surface area (Å²) in [4.78, 5) is 44.5. The van der Waals surface area contributed by atoms with Gasteiger partial charge in [-0.2, -0.15) is 0 Å². The minimum Gasteiger partial charge on any atom is -0.497 e. The van der Waals surface area contributed by atoms with E-state index in [0.29, 0.717) is 41.6 Å². The summed E-state index contributed by atoms with van der Waals surface area (Å²) in [6.45, 7) is 2.82. The van der Waals surface area contributed by atoms with Gasteiger partial charge in [-0.3, -0.25) is 14.4 Å². The quantitative estimate of drug-likeness (QED) is 0.311. The smallest absolute Gasteiger partial charge is 0.261 e. The Labute approximate surface area is 264 Å². The van der Waals surface area contributed by atoms with Gasteiger partial charge >= 0.3 is 0 Å². The van der Waals surface area contributed by atoms with Gasteiger partial charge in [0.05, 0.1) is 13.2 Å². The van der Waals surface area contributed by atoms with Crippen LogP contribution < -0.4 is 14.8 Å². The van der Waals surface area contributed by atoms with E-state index in [1.807, 2.05) is 30.0 Å². The maximum atomic E-state index is 14.1. The molecule has 3 atom stereocenters. The second kappa shape index (κ2) is 14.6. The first-order chi connectivity index (χ1) is 21.3. The number of carbonyl (C=O) groups is 3. The van der Waals surface area contributed by atoms with Crippen molar-refractivity contribution in [1.29, 1.82) is 0 Å². The molecular formula is C35H40ClN3O5. The molecule has 1 saturated carbocycles. The first kappa shape index (κ1) is 31.4. The number of rotatable bonds is 10. The van der Waals surface area contributed by atoms with Crippen LogP contribution in [0.2, 0.25) is 5.02 Å². The molecule has 5 rings (SSSR count). The van der Waals surface area contributed by atoms with Gasteiger partial charge in [0, 0.05) is 29.7 Å². The molecule has 9 heteroatoms. The molecule has 3 aromatic carbocycles. The van der Waals surface area contributed by atoms with Crippen molar-refractivity contribution in [2.45, 2.75) is 70.1 Å². The molecule has 0 bridgehead atoms. The van der Waals surface area contributed by atoms with Crippen LogP contribution in [0.4, 0.5) is 0 Å². The van der Waals surface area contributed by atoms with Gasteiger partial charge in [0.2, 0.25) is 5.91 Å². The molecule has 1 saturated heterocycles. The standard InChI is InChI=1S/C35H40ClN3O5/c1-24-7-5-8-25(21-24)22-39(35(42)26-12-16-28(43-2)17-13-26)31-10-4-3-9-30(31)37-34(41)32-11-6-20-38(32)33(40)23-44-29-18-14-27(36)15-19-29/h5,7-8,12-19,21,30-32H,3-4,6,9-11,20,22-23H2,1-2H3,(H,37,41)/t30-,31-,32+/m1/s1. The number of benzene rings is 3. The summed E-state index contributed by atoms with van der Waals surface area (Å²) in [5.74, 6) is 0.740. The van der Waals surface area contributed by atoms with Crippen LogP contribution >= 0.6 is 11.6 Å². The van der Waals surface area contributed by atoms with Gasteiger partial charge < -0.3 is 24.6 Å². The van der Waals surface area contributed by atoms with Crippen molar-refractivity contribution in [2.24, 2.45) is 0 Å². The van der Waals surface area contributed by atoms with Crippen LogP contribution in [0.5, 0.6) is 11.5 Å². The van der Waals surface area contributed by atoms with Crippen LogP contribution in [-0.4, -0.2) is 65.9 Å². The van der Waals surface area contributed by atoms with Crippen LogP contribution in [-0.2, 0) is 16.1 Å². The number of aryl methyl sites for hydroxylation is 1. The van der Waals surface area contributed by atoms with Gasteiger partial charge in [-0.15, -0.1) is 0 Å². The minimum absolute atomic E-state index is 0.0858. The van der Waals surface area contributed by atoms with E-state index in [2.05, 4.69) is 11.4 Å². The second-order valence-electron chi connectivity index (χ2n) is 11.6. The number of ether oxygens (including phenoxy) is 2. The van der Waals surface area contributed by atoms with Gasteiger partial charge in [-0.25, -0.2) is 0 Å². The fraction of sp³-hybridized carbons (Fsp3) is 0.400. The zero-order valence-corrected chi connectivity index (χ0v) is 26.1. The summed E-state index contributed by atoms with van der Waals surface area (Å²) < 4.78 is 11.0. The van der Waals surface area contributed by atoms with Crippen LogP contribution in [0.1, 0.15) is 60.0 Å². The lowest BCUT2D eigenvalue weighted by Gasteiger charge is -2.41. The highest BCUT2D eigenvalue weighted by atomic mass is 35.5. The number of hydrogen-bond acceptors (Lipinski definition) is 5. The van der Waals surface area contributed by atoms with Crippen LogP contribution in [0.25, 0.3) is 0 Å². The van der Waals surface area contributed by atoms with Crippen molar-refractivity contribution < 1.29 is 23.9 Å². The molecule has 44 heavy (non-hydrogen) atoms. The predicted octanol–water partition coefficient (Wildman–Crippen LogP) is 5.80. The summed E-state index contributed by atoms with van der Waals surface area (Å²) >= 11 is 5.95. The molecule has 1 aliphatic heterocycles. The Morgan fingerprint density at radius 3 is 2.39 bits per heavy atom. The monoisotopic (exact) mass is 617 g/mol. The summed E-state index contributed by atoms with van der Waals surface area (Å²) in [7, 11) is 1.60. The third-order valence-electron chi connectivity index (χ3n) is 8.54. The van der Waals surface area contributed by atoms with Gasteiger partial charge in [-0.1, -0.05) is 54.3 Å². The Bertz CT molecular complexity index is 1450. The van der Waals surface area contributed by atoms with Crippen molar-refractivity contribution >= 4 is 29.3 Å². The van der Waals surface area contributed by atoms with Crippen molar-refractivity contribution in [3.05, 3.63) is 94.5 Å². The molecule has 8 nitrogen and oxygen atoms in total. The molecule has 0 spiro atoms. The first-order valence-corrected chi connectivity index (χ1v) is 15.7. The van der Waals surface area contributed by atoms with E-state index in [1.165, 1.54) is 0 Å². The molecule has 0 unspecified atom stereocenters. The lowest BCUT2D eigenvalue weighted by molar-refractivity contribution is -0.140. The molecule has 0 radical (unpaired) electrons. The summed E-state index contributed by atoms with van der Waals surface area (Å²) in [5, 5.41) is 3.86. The Morgan fingerprint density at radius 1 is 0.932 bits per heavy atom. The third kappa shape index (κ3) is 7.72. The number of halogens is 1. The summed E-state index contributed by atoms with van der Waals surface area (Å²) in [5.41, 5.74) is 2.73. The molecule has 2 aliphatic rings. The zero-order valence-electron chi connectivity index (χ0n) is 25.3. The van der Waals surface area contributed by atoms with Gasteiger partial charge in [-0.05, 0) is 86.7 Å². The Morgan fingerprint density at radius 2 is 1.66 bits per heavy atom. The highest BCUT2D eigenvalue weighted by Crippen LogP contribution is 2.28. The third-order valence-corrected chi connectivity index (χ3v) is 8.79. The second-order valence-corrected chi connectivity index (χ2v) is 12.0. The Kier molecular flexibility index (Phi) is 10.4. The summed E-state index contributed by atoms with van der Waals surface area (Å²) in [6, 6.07) is 21.2. The van der Waals surface area contributed by atoms with Crippen LogP contribution in [0.3, 0.4) is 0 Å². The van der Waals surface area contributed by atoms with E-state index < -0.39 is 6.04 Å². The topological polar surface area (TPSA) is 88.2 Å². The van der Waals surface area contributed by atoms with E-state index in [4.69, 9.17) is 21.1 Å². The SMILES string of the molecule is COc1ccc(C(=O)N(Cc2cccc(C)c2)[C@@H]2CCCC[C@H]2NC(=O)[C@@H]2CCCN2C(=O)COc2ccc(Cl)cc2)cc1.